The van der Waals surface area contributed by atoms with Gasteiger partial charge in [0.1, 0.15) is 0 Å². The topological polar surface area (TPSA) is 88.9 Å². The Morgan fingerprint density at radius 1 is 1.09 bits per heavy atom. The van der Waals surface area contributed by atoms with E-state index < -0.39 is 6.04 Å². The molecule has 0 radical (unpaired) electrons. The lowest BCUT2D eigenvalue weighted by molar-refractivity contribution is -0.113. The van der Waals surface area contributed by atoms with E-state index in [4.69, 9.17) is 23.2 Å². The number of carbonyl (C=O) groups is 2. The fourth-order valence-corrected chi connectivity index (χ4v) is 4.67. The van der Waals surface area contributed by atoms with Crippen LogP contribution in [-0.4, -0.2) is 32.3 Å². The average Bonchev–Trinajstić information content (AvgIpc) is 3.12. The summed E-state index contributed by atoms with van der Waals surface area (Å²) in [5.74, 6) is 0.344. The van der Waals surface area contributed by atoms with Gasteiger partial charge in [-0.2, -0.15) is 0 Å². The van der Waals surface area contributed by atoms with Crippen molar-refractivity contribution >= 4 is 52.5 Å². The van der Waals surface area contributed by atoms with Gasteiger partial charge in [-0.3, -0.25) is 9.59 Å². The molecule has 34 heavy (non-hydrogen) atoms. The number of hydrogen-bond acceptors (Lipinski definition) is 5. The fourth-order valence-electron chi connectivity index (χ4n) is 3.46. The zero-order valence-corrected chi connectivity index (χ0v) is 22.0. The van der Waals surface area contributed by atoms with Gasteiger partial charge in [-0.25, -0.2) is 0 Å². The molecule has 3 rings (SSSR count). The predicted molar refractivity (Wildman–Crippen MR) is 138 cm³/mol. The van der Waals surface area contributed by atoms with Crippen LogP contribution in [-0.2, 0) is 11.8 Å². The number of carbonyl (C=O) groups excluding carboxylic acids is 2. The summed E-state index contributed by atoms with van der Waals surface area (Å²) in [4.78, 5) is 25.4. The van der Waals surface area contributed by atoms with E-state index in [-0.39, 0.29) is 28.5 Å². The number of thioether (sulfide) groups is 1. The molecular formula is C24H27Cl2N5O2S. The summed E-state index contributed by atoms with van der Waals surface area (Å²) in [6.07, 6.45) is 0. The molecule has 1 atom stereocenters. The summed E-state index contributed by atoms with van der Waals surface area (Å²) in [6.45, 7) is 7.88. The molecule has 0 bridgehead atoms. The molecule has 0 spiro atoms. The molecule has 2 N–H and O–H groups in total. The van der Waals surface area contributed by atoms with Gasteiger partial charge in [-0.15, -0.1) is 10.2 Å². The summed E-state index contributed by atoms with van der Waals surface area (Å²) in [5, 5.41) is 15.8. The molecule has 0 aliphatic carbocycles. The van der Waals surface area contributed by atoms with Gasteiger partial charge >= 0.3 is 0 Å². The highest BCUT2D eigenvalue weighted by Gasteiger charge is 2.26. The lowest BCUT2D eigenvalue weighted by Crippen LogP contribution is -2.33. The molecule has 0 aliphatic rings. The van der Waals surface area contributed by atoms with Crippen LogP contribution in [0.3, 0.4) is 0 Å². The second kappa shape index (κ2) is 11.3. The van der Waals surface area contributed by atoms with Gasteiger partial charge in [0.25, 0.3) is 5.91 Å². The van der Waals surface area contributed by atoms with Crippen LogP contribution in [0.1, 0.15) is 47.2 Å². The third-order valence-corrected chi connectivity index (χ3v) is 6.92. The van der Waals surface area contributed by atoms with Crippen LogP contribution < -0.4 is 10.6 Å². The average molecular weight is 520 g/mol. The van der Waals surface area contributed by atoms with Crippen molar-refractivity contribution in [3.8, 4) is 0 Å². The predicted octanol–water partition coefficient (Wildman–Crippen LogP) is 5.60. The monoisotopic (exact) mass is 519 g/mol. The maximum atomic E-state index is 12.9. The quantitative estimate of drug-likeness (QED) is 0.378. The minimum absolute atomic E-state index is 0.0307. The Labute approximate surface area is 213 Å². The van der Waals surface area contributed by atoms with Gasteiger partial charge in [0.2, 0.25) is 5.91 Å². The van der Waals surface area contributed by atoms with E-state index >= 15 is 0 Å². The smallest absolute Gasteiger partial charge is 0.253 e. The second-order valence-corrected chi connectivity index (χ2v) is 10.1. The highest BCUT2D eigenvalue weighted by molar-refractivity contribution is 7.99. The molecule has 0 aliphatic heterocycles. The van der Waals surface area contributed by atoms with Crippen molar-refractivity contribution in [2.75, 3.05) is 11.1 Å². The molecule has 2 amide bonds. The standard InChI is InChI=1S/C24H27Cl2N5O2S/c1-13(2)20(28-23(33)17-10-9-16(25)11-18(17)26)22-29-30-24(31(22)5)34-12-19(32)27-21-14(3)7-6-8-15(21)4/h6-11,13,20H,12H2,1-5H3,(H,27,32)(H,28,33)/t20-/m1/s1. The number of anilines is 1. The minimum atomic E-state index is -0.408. The molecule has 0 saturated carbocycles. The number of halogens is 2. The number of nitrogens with zero attached hydrogens (tertiary/aromatic N) is 3. The molecule has 1 aromatic heterocycles. The summed E-state index contributed by atoms with van der Waals surface area (Å²) in [7, 11) is 1.82. The Morgan fingerprint density at radius 2 is 1.76 bits per heavy atom. The number of para-hydroxylation sites is 1. The van der Waals surface area contributed by atoms with Crippen molar-refractivity contribution in [3.05, 3.63) is 69.0 Å². The summed E-state index contributed by atoms with van der Waals surface area (Å²) >= 11 is 13.4. The zero-order valence-electron chi connectivity index (χ0n) is 19.6. The normalized spacial score (nSPS) is 12.0. The highest BCUT2D eigenvalue weighted by Crippen LogP contribution is 2.27. The van der Waals surface area contributed by atoms with E-state index in [0.717, 1.165) is 16.8 Å². The molecule has 1 heterocycles. The van der Waals surface area contributed by atoms with Gasteiger partial charge in [0.05, 0.1) is 22.4 Å². The van der Waals surface area contributed by atoms with E-state index in [1.54, 1.807) is 16.7 Å². The number of amides is 2. The first-order valence-electron chi connectivity index (χ1n) is 10.7. The lowest BCUT2D eigenvalue weighted by Gasteiger charge is -2.22. The fraction of sp³-hybridized carbons (Fsp3) is 0.333. The number of aryl methyl sites for hydroxylation is 2. The van der Waals surface area contributed by atoms with E-state index in [1.807, 2.05) is 52.9 Å². The number of benzene rings is 2. The molecule has 0 saturated heterocycles. The van der Waals surface area contributed by atoms with Crippen molar-refractivity contribution in [3.63, 3.8) is 0 Å². The third-order valence-electron chi connectivity index (χ3n) is 5.35. The largest absolute Gasteiger partial charge is 0.342 e. The maximum Gasteiger partial charge on any atom is 0.253 e. The van der Waals surface area contributed by atoms with Crippen molar-refractivity contribution in [2.24, 2.45) is 13.0 Å². The number of aromatic nitrogens is 3. The van der Waals surface area contributed by atoms with Crippen LogP contribution in [0.2, 0.25) is 10.0 Å². The molecule has 3 aromatic rings. The van der Waals surface area contributed by atoms with Gasteiger partial charge < -0.3 is 15.2 Å². The van der Waals surface area contributed by atoms with Crippen LogP contribution in [0.4, 0.5) is 5.69 Å². The highest BCUT2D eigenvalue weighted by atomic mass is 35.5. The Hall–Kier alpha value is -2.55. The first-order valence-corrected chi connectivity index (χ1v) is 12.5. The minimum Gasteiger partial charge on any atom is -0.342 e. The van der Waals surface area contributed by atoms with Crippen LogP contribution in [0, 0.1) is 19.8 Å². The SMILES string of the molecule is Cc1cccc(C)c1NC(=O)CSc1nnc([C@H](NC(=O)c2ccc(Cl)cc2Cl)C(C)C)n1C. The molecule has 180 valence electrons. The molecule has 0 unspecified atom stereocenters. The van der Waals surface area contributed by atoms with Crippen LogP contribution in [0.5, 0.6) is 0 Å². The Kier molecular flexibility index (Phi) is 8.62. The van der Waals surface area contributed by atoms with Gasteiger partial charge in [-0.05, 0) is 49.1 Å². The first kappa shape index (κ1) is 26.1. The summed E-state index contributed by atoms with van der Waals surface area (Å²) < 4.78 is 1.80. The van der Waals surface area contributed by atoms with Crippen molar-refractivity contribution in [1.82, 2.24) is 20.1 Å². The molecular weight excluding hydrogens is 493 g/mol. The first-order chi connectivity index (χ1) is 16.1. The Bertz CT molecular complexity index is 1190. The summed E-state index contributed by atoms with van der Waals surface area (Å²) in [5.41, 5.74) is 3.18. The number of rotatable bonds is 8. The van der Waals surface area contributed by atoms with Crippen molar-refractivity contribution in [1.29, 1.82) is 0 Å². The zero-order chi connectivity index (χ0) is 25.0. The Balaban J connectivity index is 1.70. The number of hydrogen-bond donors (Lipinski definition) is 2. The van der Waals surface area contributed by atoms with Crippen LogP contribution >= 0.6 is 35.0 Å². The Morgan fingerprint density at radius 3 is 2.38 bits per heavy atom. The van der Waals surface area contributed by atoms with Crippen molar-refractivity contribution in [2.45, 2.75) is 38.9 Å². The summed E-state index contributed by atoms with van der Waals surface area (Å²) in [6, 6.07) is 10.2. The molecule has 0 fully saturated rings. The molecule has 2 aromatic carbocycles. The van der Waals surface area contributed by atoms with Gasteiger partial charge in [0, 0.05) is 17.8 Å². The lowest BCUT2D eigenvalue weighted by atomic mass is 10.0. The van der Waals surface area contributed by atoms with E-state index in [1.165, 1.54) is 17.8 Å². The van der Waals surface area contributed by atoms with Crippen molar-refractivity contribution < 1.29 is 9.59 Å². The van der Waals surface area contributed by atoms with E-state index in [2.05, 4.69) is 20.8 Å². The van der Waals surface area contributed by atoms with E-state index in [0.29, 0.717) is 21.6 Å². The van der Waals surface area contributed by atoms with E-state index in [9.17, 15) is 9.59 Å². The molecule has 7 nitrogen and oxygen atoms in total. The van der Waals surface area contributed by atoms with Crippen LogP contribution in [0.25, 0.3) is 0 Å². The van der Waals surface area contributed by atoms with Gasteiger partial charge in [0.15, 0.2) is 11.0 Å². The second-order valence-electron chi connectivity index (χ2n) is 8.32. The van der Waals surface area contributed by atoms with Gasteiger partial charge in [-0.1, -0.05) is 67.0 Å². The number of nitrogens with one attached hydrogen (secondary N) is 2. The third kappa shape index (κ3) is 6.11. The van der Waals surface area contributed by atoms with Crippen LogP contribution in [0.15, 0.2) is 41.6 Å². The molecule has 10 heteroatoms. The maximum absolute atomic E-state index is 12.9.